The molecule has 0 amide bonds. The third-order valence-electron chi connectivity index (χ3n) is 4.11. The molecule has 1 aliphatic rings. The van der Waals surface area contributed by atoms with E-state index in [9.17, 15) is 14.7 Å². The quantitative estimate of drug-likeness (QED) is 0.670. The third kappa shape index (κ3) is 2.32. The van der Waals surface area contributed by atoms with E-state index in [1.54, 1.807) is 18.2 Å². The number of carbonyl (C=O) groups excluding carboxylic acids is 1. The second-order valence-corrected chi connectivity index (χ2v) is 5.21. The van der Waals surface area contributed by atoms with Crippen LogP contribution in [0, 0.1) is 13.8 Å². The van der Waals surface area contributed by atoms with E-state index >= 15 is 0 Å². The highest BCUT2D eigenvalue weighted by Gasteiger charge is 2.37. The number of isocyanates is 1. The Morgan fingerprint density at radius 1 is 1.32 bits per heavy atom. The van der Waals surface area contributed by atoms with Gasteiger partial charge in [0.2, 0.25) is 6.08 Å². The fourth-order valence-electron chi connectivity index (χ4n) is 2.95. The van der Waals surface area contributed by atoms with Gasteiger partial charge in [0.05, 0.1) is 11.1 Å². The van der Waals surface area contributed by atoms with Crippen molar-refractivity contribution in [2.24, 2.45) is 4.99 Å². The van der Waals surface area contributed by atoms with Crippen molar-refractivity contribution >= 4 is 12.0 Å². The molecule has 1 fully saturated rings. The number of benzene rings is 1. The summed E-state index contributed by atoms with van der Waals surface area (Å²) in [7, 11) is 0. The predicted octanol–water partition coefficient (Wildman–Crippen LogP) is 3.11. The van der Waals surface area contributed by atoms with Crippen LogP contribution in [0.5, 0.6) is 0 Å². The molecule has 2 rings (SSSR count). The number of carboxylic acid groups (broad SMARTS) is 1. The SMILES string of the molecule is Cc1cc(C(=O)O)cc(C2(N=C=O)CCCC2)c1C. The Kier molecular flexibility index (Phi) is 3.54. The fourth-order valence-corrected chi connectivity index (χ4v) is 2.95. The first-order chi connectivity index (χ1) is 9.00. The topological polar surface area (TPSA) is 66.7 Å². The number of hydrogen-bond donors (Lipinski definition) is 1. The van der Waals surface area contributed by atoms with Crippen LogP contribution < -0.4 is 0 Å². The molecule has 0 unspecified atom stereocenters. The Morgan fingerprint density at radius 3 is 2.47 bits per heavy atom. The van der Waals surface area contributed by atoms with Crippen molar-refractivity contribution in [2.45, 2.75) is 45.1 Å². The maximum absolute atomic E-state index is 11.2. The van der Waals surface area contributed by atoms with Crippen molar-refractivity contribution in [3.05, 3.63) is 34.4 Å². The molecule has 0 heterocycles. The maximum Gasteiger partial charge on any atom is 0.335 e. The number of rotatable bonds is 3. The van der Waals surface area contributed by atoms with E-state index in [0.29, 0.717) is 0 Å². The van der Waals surface area contributed by atoms with Gasteiger partial charge in [-0.1, -0.05) is 12.8 Å². The minimum Gasteiger partial charge on any atom is -0.478 e. The Bertz CT molecular complexity index is 565. The molecule has 19 heavy (non-hydrogen) atoms. The summed E-state index contributed by atoms with van der Waals surface area (Å²) in [6, 6.07) is 3.32. The molecule has 0 saturated heterocycles. The first-order valence-corrected chi connectivity index (χ1v) is 6.44. The number of carbonyl (C=O) groups is 1. The van der Waals surface area contributed by atoms with E-state index in [1.165, 1.54) is 0 Å². The zero-order valence-corrected chi connectivity index (χ0v) is 11.2. The monoisotopic (exact) mass is 259 g/mol. The molecular weight excluding hydrogens is 242 g/mol. The lowest BCUT2D eigenvalue weighted by molar-refractivity contribution is 0.0696. The molecule has 1 aromatic rings. The molecule has 1 N–H and O–H groups in total. The molecular formula is C15H17NO3. The molecule has 0 aromatic heterocycles. The van der Waals surface area contributed by atoms with Gasteiger partial charge >= 0.3 is 5.97 Å². The molecule has 1 saturated carbocycles. The molecule has 1 aliphatic carbocycles. The van der Waals surface area contributed by atoms with Crippen LogP contribution in [0.2, 0.25) is 0 Å². The van der Waals surface area contributed by atoms with Gasteiger partial charge in [0, 0.05) is 0 Å². The smallest absolute Gasteiger partial charge is 0.335 e. The van der Waals surface area contributed by atoms with Crippen LogP contribution >= 0.6 is 0 Å². The van der Waals surface area contributed by atoms with Gasteiger partial charge in [0.25, 0.3) is 0 Å². The molecule has 100 valence electrons. The molecule has 4 heteroatoms. The van der Waals surface area contributed by atoms with E-state index in [1.807, 2.05) is 13.8 Å². The summed E-state index contributed by atoms with van der Waals surface area (Å²) in [6.07, 6.45) is 5.24. The number of carboxylic acids is 1. The van der Waals surface area contributed by atoms with Gasteiger partial charge in [0.15, 0.2) is 0 Å². The van der Waals surface area contributed by atoms with Crippen LogP contribution in [0.3, 0.4) is 0 Å². The van der Waals surface area contributed by atoms with Crippen molar-refractivity contribution in [1.82, 2.24) is 0 Å². The van der Waals surface area contributed by atoms with Crippen molar-refractivity contribution in [1.29, 1.82) is 0 Å². The molecule has 0 atom stereocenters. The van der Waals surface area contributed by atoms with E-state index in [2.05, 4.69) is 4.99 Å². The van der Waals surface area contributed by atoms with Crippen LogP contribution in [0.4, 0.5) is 0 Å². The summed E-state index contributed by atoms with van der Waals surface area (Å²) in [5.74, 6) is -0.951. The third-order valence-corrected chi connectivity index (χ3v) is 4.11. The van der Waals surface area contributed by atoms with Crippen molar-refractivity contribution in [2.75, 3.05) is 0 Å². The molecule has 1 aromatic carbocycles. The van der Waals surface area contributed by atoms with Gasteiger partial charge in [-0.25, -0.2) is 9.59 Å². The van der Waals surface area contributed by atoms with Gasteiger partial charge in [0.1, 0.15) is 0 Å². The van der Waals surface area contributed by atoms with Crippen LogP contribution in [-0.2, 0) is 10.3 Å². The summed E-state index contributed by atoms with van der Waals surface area (Å²) in [5, 5.41) is 9.17. The van der Waals surface area contributed by atoms with E-state index in [4.69, 9.17) is 0 Å². The Morgan fingerprint density at radius 2 is 1.95 bits per heavy atom. The van der Waals surface area contributed by atoms with E-state index < -0.39 is 11.5 Å². The lowest BCUT2D eigenvalue weighted by Crippen LogP contribution is -2.21. The summed E-state index contributed by atoms with van der Waals surface area (Å²) in [5.41, 5.74) is 2.49. The van der Waals surface area contributed by atoms with Gasteiger partial charge in [-0.05, 0) is 55.5 Å². The van der Waals surface area contributed by atoms with E-state index in [0.717, 1.165) is 42.4 Å². The number of hydrogen-bond acceptors (Lipinski definition) is 3. The number of aromatic carboxylic acids is 1. The number of nitrogens with zero attached hydrogens (tertiary/aromatic N) is 1. The molecule has 0 radical (unpaired) electrons. The predicted molar refractivity (Wildman–Crippen MR) is 71.1 cm³/mol. The second kappa shape index (κ2) is 4.98. The van der Waals surface area contributed by atoms with Crippen molar-refractivity contribution < 1.29 is 14.7 Å². The van der Waals surface area contributed by atoms with Crippen molar-refractivity contribution in [3.63, 3.8) is 0 Å². The average molecular weight is 259 g/mol. The highest BCUT2D eigenvalue weighted by atomic mass is 16.4. The number of aryl methyl sites for hydroxylation is 1. The molecule has 4 nitrogen and oxygen atoms in total. The van der Waals surface area contributed by atoms with Crippen LogP contribution in [0.15, 0.2) is 17.1 Å². The van der Waals surface area contributed by atoms with E-state index in [-0.39, 0.29) is 5.56 Å². The molecule has 0 bridgehead atoms. The Hall–Kier alpha value is -1.93. The first-order valence-electron chi connectivity index (χ1n) is 6.44. The average Bonchev–Trinajstić information content (AvgIpc) is 2.82. The van der Waals surface area contributed by atoms with Crippen LogP contribution in [-0.4, -0.2) is 17.2 Å². The maximum atomic E-state index is 11.2. The minimum atomic E-state index is -0.951. The zero-order chi connectivity index (χ0) is 14.0. The first kappa shape index (κ1) is 13.5. The lowest BCUT2D eigenvalue weighted by atomic mass is 9.83. The van der Waals surface area contributed by atoms with Crippen LogP contribution in [0.1, 0.15) is 52.7 Å². The largest absolute Gasteiger partial charge is 0.478 e. The summed E-state index contributed by atoms with van der Waals surface area (Å²) >= 11 is 0. The van der Waals surface area contributed by atoms with Gasteiger partial charge in [-0.15, -0.1) is 0 Å². The van der Waals surface area contributed by atoms with Crippen LogP contribution in [0.25, 0.3) is 0 Å². The van der Waals surface area contributed by atoms with Crippen molar-refractivity contribution in [3.8, 4) is 0 Å². The highest BCUT2D eigenvalue weighted by molar-refractivity contribution is 5.88. The Labute approximate surface area is 112 Å². The standard InChI is InChI=1S/C15H17NO3/c1-10-7-12(14(18)19)8-13(11(10)2)15(16-9-17)5-3-4-6-15/h7-8H,3-6H2,1-2H3,(H,18,19). The van der Waals surface area contributed by atoms with Gasteiger partial charge in [-0.3, -0.25) is 0 Å². The minimum absolute atomic E-state index is 0.255. The fraction of sp³-hybridized carbons (Fsp3) is 0.467. The molecule has 0 aliphatic heterocycles. The van der Waals surface area contributed by atoms with Gasteiger partial charge < -0.3 is 5.11 Å². The summed E-state index contributed by atoms with van der Waals surface area (Å²) < 4.78 is 0. The zero-order valence-electron chi connectivity index (χ0n) is 11.2. The Balaban J connectivity index is 2.65. The second-order valence-electron chi connectivity index (χ2n) is 5.21. The molecule has 0 spiro atoms. The summed E-state index contributed by atoms with van der Waals surface area (Å²) in [4.78, 5) is 26.0. The van der Waals surface area contributed by atoms with Gasteiger partial charge in [-0.2, -0.15) is 4.99 Å². The normalized spacial score (nSPS) is 16.9. The summed E-state index contributed by atoms with van der Waals surface area (Å²) in [6.45, 7) is 3.84. The number of aliphatic imine (C=N–C) groups is 1. The highest BCUT2D eigenvalue weighted by Crippen LogP contribution is 2.44. The lowest BCUT2D eigenvalue weighted by Gasteiger charge is -2.26.